The van der Waals surface area contributed by atoms with Crippen LogP contribution in [0.4, 0.5) is 0 Å². The summed E-state index contributed by atoms with van der Waals surface area (Å²) in [5.74, 6) is -0.608. The molecule has 4 rings (SSSR count). The highest BCUT2D eigenvalue weighted by Gasteiger charge is 2.41. The highest BCUT2D eigenvalue weighted by atomic mass is 32.2. The van der Waals surface area contributed by atoms with Gasteiger partial charge in [0, 0.05) is 25.2 Å². The molecular weight excluding hydrogens is 452 g/mol. The molecule has 1 amide bonds. The van der Waals surface area contributed by atoms with E-state index in [9.17, 15) is 18.0 Å². The maximum atomic E-state index is 13.5. The first-order chi connectivity index (χ1) is 16.1. The number of carbonyl (C=O) groups excluding carboxylic acids is 2. The first-order valence-corrected chi connectivity index (χ1v) is 12.6. The van der Waals surface area contributed by atoms with Gasteiger partial charge in [-0.1, -0.05) is 48.0 Å². The van der Waals surface area contributed by atoms with Crippen molar-refractivity contribution >= 4 is 21.8 Å². The molecule has 0 N–H and O–H groups in total. The molecule has 0 unspecified atom stereocenters. The lowest BCUT2D eigenvalue weighted by Gasteiger charge is -2.40. The molecule has 34 heavy (non-hydrogen) atoms. The smallest absolute Gasteiger partial charge is 0.248 e. The lowest BCUT2D eigenvalue weighted by Crippen LogP contribution is -2.58. The third-order valence-corrected chi connectivity index (χ3v) is 7.89. The molecule has 2 aromatic carbocycles. The minimum atomic E-state index is -3.99. The zero-order chi connectivity index (χ0) is 24.5. The van der Waals surface area contributed by atoms with E-state index in [1.807, 2.05) is 37.3 Å². The van der Waals surface area contributed by atoms with Crippen molar-refractivity contribution in [3.63, 3.8) is 0 Å². The summed E-state index contributed by atoms with van der Waals surface area (Å²) in [6, 6.07) is 17.1. The Balaban J connectivity index is 1.65. The van der Waals surface area contributed by atoms with E-state index in [2.05, 4.69) is 5.10 Å². The van der Waals surface area contributed by atoms with Gasteiger partial charge in [-0.3, -0.25) is 9.59 Å². The Hall–Kier alpha value is -3.30. The Morgan fingerprint density at radius 3 is 2.32 bits per heavy atom. The van der Waals surface area contributed by atoms with E-state index in [1.54, 1.807) is 36.9 Å². The number of aryl methyl sites for hydroxylation is 3. The number of benzene rings is 2. The molecule has 9 heteroatoms. The molecule has 2 heterocycles. The van der Waals surface area contributed by atoms with Crippen LogP contribution < -0.4 is 0 Å². The van der Waals surface area contributed by atoms with Gasteiger partial charge in [-0.2, -0.15) is 9.40 Å². The number of carbonyl (C=O) groups is 2. The second kappa shape index (κ2) is 9.52. The highest BCUT2D eigenvalue weighted by Crippen LogP contribution is 2.25. The van der Waals surface area contributed by atoms with Crippen LogP contribution in [0.2, 0.25) is 0 Å². The molecule has 1 aliphatic heterocycles. The normalized spacial score (nSPS) is 17.2. The summed E-state index contributed by atoms with van der Waals surface area (Å²) in [6.45, 7) is 5.60. The predicted octanol–water partition coefficient (Wildman–Crippen LogP) is 2.94. The molecule has 178 valence electrons. The third-order valence-electron chi connectivity index (χ3n) is 5.98. The minimum Gasteiger partial charge on any atom is -0.336 e. The van der Waals surface area contributed by atoms with Gasteiger partial charge >= 0.3 is 0 Å². The van der Waals surface area contributed by atoms with Gasteiger partial charge in [0.05, 0.1) is 23.2 Å². The average molecular weight is 481 g/mol. The maximum absolute atomic E-state index is 13.5. The van der Waals surface area contributed by atoms with Crippen LogP contribution in [-0.2, 0) is 21.4 Å². The van der Waals surface area contributed by atoms with Crippen LogP contribution in [0, 0.1) is 20.8 Å². The molecule has 1 atom stereocenters. The molecule has 1 aromatic heterocycles. The van der Waals surface area contributed by atoms with Crippen LogP contribution in [0.25, 0.3) is 0 Å². The SMILES string of the molecule is Cc1ccc(S(=O)(=O)N2CC(=O)N(Cc3ccccc3)C[C@H]2CC(=O)n2nc(C)cc2C)cc1. The first kappa shape index (κ1) is 23.8. The van der Waals surface area contributed by atoms with Gasteiger partial charge in [0.25, 0.3) is 0 Å². The van der Waals surface area contributed by atoms with Crippen LogP contribution in [-0.4, -0.2) is 58.3 Å². The Kier molecular flexibility index (Phi) is 6.67. The number of amides is 1. The quantitative estimate of drug-likeness (QED) is 0.541. The molecule has 1 fully saturated rings. The fourth-order valence-corrected chi connectivity index (χ4v) is 5.79. The zero-order valence-electron chi connectivity index (χ0n) is 19.5. The molecule has 3 aromatic rings. The standard InChI is InChI=1S/C25H28N4O4S/c1-18-9-11-23(12-10-18)34(32,33)28-17-25(31)27(15-21-7-5-4-6-8-21)16-22(28)14-24(30)29-20(3)13-19(2)26-29/h4-13,22H,14-17H2,1-3H3/t22-/m1/s1. The maximum Gasteiger partial charge on any atom is 0.248 e. The van der Waals surface area contributed by atoms with Crippen molar-refractivity contribution < 1.29 is 18.0 Å². The monoisotopic (exact) mass is 480 g/mol. The van der Waals surface area contributed by atoms with Gasteiger partial charge in [-0.15, -0.1) is 0 Å². The molecule has 8 nitrogen and oxygen atoms in total. The molecular formula is C25H28N4O4S. The number of rotatable bonds is 6. The van der Waals surface area contributed by atoms with Crippen LogP contribution in [0.15, 0.2) is 65.6 Å². The number of hydrogen-bond donors (Lipinski definition) is 0. The van der Waals surface area contributed by atoms with Crippen molar-refractivity contribution in [3.8, 4) is 0 Å². The fourth-order valence-electron chi connectivity index (χ4n) is 4.23. The molecule has 0 spiro atoms. The minimum absolute atomic E-state index is 0.0916. The second-order valence-corrected chi connectivity index (χ2v) is 10.6. The van der Waals surface area contributed by atoms with Crippen molar-refractivity contribution in [2.24, 2.45) is 0 Å². The van der Waals surface area contributed by atoms with E-state index in [0.29, 0.717) is 17.9 Å². The van der Waals surface area contributed by atoms with Gasteiger partial charge in [0.1, 0.15) is 0 Å². The molecule has 0 radical (unpaired) electrons. The molecule has 0 bridgehead atoms. The van der Waals surface area contributed by atoms with Gasteiger partial charge in [-0.25, -0.2) is 13.1 Å². The molecule has 0 saturated carbocycles. The first-order valence-electron chi connectivity index (χ1n) is 11.1. The lowest BCUT2D eigenvalue weighted by molar-refractivity contribution is -0.136. The molecule has 1 saturated heterocycles. The van der Waals surface area contributed by atoms with Crippen molar-refractivity contribution in [1.29, 1.82) is 0 Å². The van der Waals surface area contributed by atoms with E-state index in [0.717, 1.165) is 11.1 Å². The van der Waals surface area contributed by atoms with Crippen LogP contribution >= 0.6 is 0 Å². The third kappa shape index (κ3) is 4.95. The second-order valence-electron chi connectivity index (χ2n) is 8.71. The van der Waals surface area contributed by atoms with Gasteiger partial charge in [0.2, 0.25) is 21.8 Å². The Morgan fingerprint density at radius 1 is 1.03 bits per heavy atom. The van der Waals surface area contributed by atoms with Crippen LogP contribution in [0.1, 0.15) is 33.7 Å². The Bertz CT molecular complexity index is 1300. The summed E-state index contributed by atoms with van der Waals surface area (Å²) < 4.78 is 29.5. The van der Waals surface area contributed by atoms with Crippen molar-refractivity contribution in [1.82, 2.24) is 19.0 Å². The van der Waals surface area contributed by atoms with Crippen molar-refractivity contribution in [3.05, 3.63) is 83.2 Å². The number of aromatic nitrogens is 2. The highest BCUT2D eigenvalue weighted by molar-refractivity contribution is 7.89. The summed E-state index contributed by atoms with van der Waals surface area (Å²) in [4.78, 5) is 27.9. The van der Waals surface area contributed by atoms with Crippen molar-refractivity contribution in [2.75, 3.05) is 13.1 Å². The average Bonchev–Trinajstić information content (AvgIpc) is 3.14. The van der Waals surface area contributed by atoms with Crippen LogP contribution in [0.5, 0.6) is 0 Å². The summed E-state index contributed by atoms with van der Waals surface area (Å²) in [5, 5.41) is 4.25. The van der Waals surface area contributed by atoms with E-state index in [1.165, 1.54) is 21.1 Å². The Labute approximate surface area is 199 Å². The van der Waals surface area contributed by atoms with E-state index < -0.39 is 16.1 Å². The van der Waals surface area contributed by atoms with Crippen molar-refractivity contribution in [2.45, 2.75) is 44.7 Å². The van der Waals surface area contributed by atoms with Gasteiger partial charge in [0.15, 0.2) is 0 Å². The Morgan fingerprint density at radius 2 is 1.71 bits per heavy atom. The molecule has 1 aliphatic rings. The number of hydrogen-bond acceptors (Lipinski definition) is 5. The number of sulfonamides is 1. The topological polar surface area (TPSA) is 92.6 Å². The van der Waals surface area contributed by atoms with Gasteiger partial charge < -0.3 is 4.90 Å². The van der Waals surface area contributed by atoms with E-state index >= 15 is 0 Å². The van der Waals surface area contributed by atoms with E-state index in [-0.39, 0.29) is 36.2 Å². The summed E-state index contributed by atoms with van der Waals surface area (Å²) in [5.41, 5.74) is 3.26. The summed E-state index contributed by atoms with van der Waals surface area (Å²) in [7, 11) is -3.99. The number of piperazine rings is 1. The zero-order valence-corrected chi connectivity index (χ0v) is 20.3. The van der Waals surface area contributed by atoms with Gasteiger partial charge in [-0.05, 0) is 44.5 Å². The number of nitrogens with zero attached hydrogens (tertiary/aromatic N) is 4. The largest absolute Gasteiger partial charge is 0.336 e. The summed E-state index contributed by atoms with van der Waals surface area (Å²) >= 11 is 0. The molecule has 0 aliphatic carbocycles. The predicted molar refractivity (Wildman–Crippen MR) is 128 cm³/mol. The lowest BCUT2D eigenvalue weighted by atomic mass is 10.1. The summed E-state index contributed by atoms with van der Waals surface area (Å²) in [6.07, 6.45) is -0.0916. The van der Waals surface area contributed by atoms with Crippen LogP contribution in [0.3, 0.4) is 0 Å². The fraction of sp³-hybridized carbons (Fsp3) is 0.320. The van der Waals surface area contributed by atoms with E-state index in [4.69, 9.17) is 0 Å².